The Morgan fingerprint density at radius 1 is 1.16 bits per heavy atom. The molecule has 0 radical (unpaired) electrons. The van der Waals surface area contributed by atoms with Crippen molar-refractivity contribution in [2.45, 2.75) is 32.0 Å². The van der Waals surface area contributed by atoms with Crippen LogP contribution in [0, 0.1) is 5.53 Å². The first kappa shape index (κ1) is 17.0. The minimum atomic E-state index is -1.17. The number of carbonyl (C=O) groups excluding carboxylic acids is 2. The number of carboxylic acid groups (broad SMARTS) is 1. The fourth-order valence-corrected chi connectivity index (χ4v) is 1.17. The second-order valence-corrected chi connectivity index (χ2v) is 4.00. The molecule has 0 saturated heterocycles. The van der Waals surface area contributed by atoms with Crippen LogP contribution in [0.3, 0.4) is 0 Å². The summed E-state index contributed by atoms with van der Waals surface area (Å²) in [6, 6.07) is -2.87. The van der Waals surface area contributed by atoms with E-state index in [2.05, 4.69) is 21.1 Å². The summed E-state index contributed by atoms with van der Waals surface area (Å²) in [4.78, 5) is 33.8. The molecule has 0 saturated carbocycles. The molecule has 3 unspecified atom stereocenters. The SMILES string of the molecule is CNCC(N=N)C(=O)NC(C)C(=O)NC(C)C(=O)O. The second-order valence-electron chi connectivity index (χ2n) is 4.00. The van der Waals surface area contributed by atoms with E-state index >= 15 is 0 Å². The lowest BCUT2D eigenvalue weighted by Gasteiger charge is -2.18. The summed E-state index contributed by atoms with van der Waals surface area (Å²) >= 11 is 0. The molecule has 0 fully saturated rings. The van der Waals surface area contributed by atoms with Crippen LogP contribution in [-0.4, -0.2) is 54.6 Å². The molecule has 9 heteroatoms. The topological polar surface area (TPSA) is 144 Å². The van der Waals surface area contributed by atoms with Crippen LogP contribution in [0.15, 0.2) is 5.11 Å². The van der Waals surface area contributed by atoms with Crippen molar-refractivity contribution < 1.29 is 19.5 Å². The molecule has 0 spiro atoms. The van der Waals surface area contributed by atoms with Crippen LogP contribution in [0.2, 0.25) is 0 Å². The van der Waals surface area contributed by atoms with Gasteiger partial charge in [0.25, 0.3) is 0 Å². The molecule has 0 aromatic carbocycles. The molecule has 0 rings (SSSR count). The molecule has 9 nitrogen and oxygen atoms in total. The van der Waals surface area contributed by atoms with Gasteiger partial charge in [-0.25, -0.2) is 5.53 Å². The first-order chi connectivity index (χ1) is 8.83. The summed E-state index contributed by atoms with van der Waals surface area (Å²) in [5.41, 5.74) is 6.86. The van der Waals surface area contributed by atoms with Gasteiger partial charge >= 0.3 is 5.97 Å². The molecule has 19 heavy (non-hydrogen) atoms. The molecule has 0 heterocycles. The summed E-state index contributed by atoms with van der Waals surface area (Å²) < 4.78 is 0. The van der Waals surface area contributed by atoms with Crippen LogP contribution in [0.25, 0.3) is 0 Å². The lowest BCUT2D eigenvalue weighted by Crippen LogP contribution is -2.52. The third-order valence-electron chi connectivity index (χ3n) is 2.34. The average Bonchev–Trinajstić information content (AvgIpc) is 2.35. The van der Waals surface area contributed by atoms with Gasteiger partial charge in [0.05, 0.1) is 0 Å². The van der Waals surface area contributed by atoms with Crippen molar-refractivity contribution in [2.24, 2.45) is 5.11 Å². The van der Waals surface area contributed by atoms with Crippen molar-refractivity contribution in [1.29, 1.82) is 5.53 Å². The van der Waals surface area contributed by atoms with E-state index in [9.17, 15) is 14.4 Å². The molecule has 0 bridgehead atoms. The van der Waals surface area contributed by atoms with Crippen LogP contribution < -0.4 is 16.0 Å². The fraction of sp³-hybridized carbons (Fsp3) is 0.700. The second kappa shape index (κ2) is 8.14. The first-order valence-corrected chi connectivity index (χ1v) is 5.68. The Balaban J connectivity index is 4.39. The Kier molecular flexibility index (Phi) is 7.27. The number of hydrogen-bond acceptors (Lipinski definition) is 6. The summed E-state index contributed by atoms with van der Waals surface area (Å²) in [6.45, 7) is 2.91. The van der Waals surface area contributed by atoms with E-state index in [0.717, 1.165) is 0 Å². The highest BCUT2D eigenvalue weighted by atomic mass is 16.4. The molecular weight excluding hydrogens is 254 g/mol. The number of aliphatic carboxylic acids is 1. The van der Waals surface area contributed by atoms with Gasteiger partial charge in [-0.1, -0.05) is 0 Å². The highest BCUT2D eigenvalue weighted by Crippen LogP contribution is 1.93. The lowest BCUT2D eigenvalue weighted by atomic mass is 10.2. The van der Waals surface area contributed by atoms with Crippen LogP contribution in [0.1, 0.15) is 13.8 Å². The van der Waals surface area contributed by atoms with Gasteiger partial charge in [0.15, 0.2) is 6.04 Å². The lowest BCUT2D eigenvalue weighted by molar-refractivity contribution is -0.141. The average molecular weight is 273 g/mol. The molecule has 5 N–H and O–H groups in total. The monoisotopic (exact) mass is 273 g/mol. The Bertz CT molecular complexity index is 360. The van der Waals surface area contributed by atoms with E-state index in [0.29, 0.717) is 0 Å². The number of amides is 2. The smallest absolute Gasteiger partial charge is 0.325 e. The van der Waals surface area contributed by atoms with Crippen LogP contribution >= 0.6 is 0 Å². The maximum atomic E-state index is 11.6. The third kappa shape index (κ3) is 5.91. The Morgan fingerprint density at radius 2 is 1.68 bits per heavy atom. The number of nitrogens with one attached hydrogen (secondary N) is 4. The van der Waals surface area contributed by atoms with Crippen LogP contribution in [-0.2, 0) is 14.4 Å². The molecule has 0 aliphatic rings. The normalized spacial score (nSPS) is 14.9. The zero-order valence-corrected chi connectivity index (χ0v) is 11.1. The summed E-state index contributed by atoms with van der Waals surface area (Å²) in [6.07, 6.45) is 0. The van der Waals surface area contributed by atoms with Crippen LogP contribution in [0.5, 0.6) is 0 Å². The maximum absolute atomic E-state index is 11.6. The minimum absolute atomic E-state index is 0.176. The van der Waals surface area contributed by atoms with Crippen LogP contribution in [0.4, 0.5) is 0 Å². The Labute approximate surface area is 110 Å². The number of rotatable bonds is 8. The molecule has 0 aromatic rings. The molecule has 108 valence electrons. The van der Waals surface area contributed by atoms with E-state index < -0.39 is 35.9 Å². The molecule has 0 aliphatic carbocycles. The number of nitrogens with zero attached hydrogens (tertiary/aromatic N) is 1. The number of carboxylic acids is 1. The zero-order valence-electron chi connectivity index (χ0n) is 11.1. The van der Waals surface area contributed by atoms with Gasteiger partial charge < -0.3 is 21.1 Å². The van der Waals surface area contributed by atoms with E-state index in [1.165, 1.54) is 13.8 Å². The summed E-state index contributed by atoms with van der Waals surface area (Å²) in [5.74, 6) is -2.35. The predicted octanol–water partition coefficient (Wildman–Crippen LogP) is -1.30. The maximum Gasteiger partial charge on any atom is 0.325 e. The molecule has 2 amide bonds. The van der Waals surface area contributed by atoms with Gasteiger partial charge in [-0.2, -0.15) is 5.11 Å². The van der Waals surface area contributed by atoms with Crippen molar-refractivity contribution in [2.75, 3.05) is 13.6 Å². The number of likely N-dealkylation sites (N-methyl/N-ethyl adjacent to an activating group) is 1. The van der Waals surface area contributed by atoms with Crippen molar-refractivity contribution in [3.05, 3.63) is 0 Å². The van der Waals surface area contributed by atoms with Crippen molar-refractivity contribution in [3.63, 3.8) is 0 Å². The van der Waals surface area contributed by atoms with Crippen molar-refractivity contribution in [3.8, 4) is 0 Å². The van der Waals surface area contributed by atoms with Gasteiger partial charge in [0.2, 0.25) is 11.8 Å². The molecular formula is C10H19N5O4. The largest absolute Gasteiger partial charge is 0.480 e. The van der Waals surface area contributed by atoms with Gasteiger partial charge in [-0.05, 0) is 20.9 Å². The van der Waals surface area contributed by atoms with E-state index in [-0.39, 0.29) is 6.54 Å². The highest BCUT2D eigenvalue weighted by Gasteiger charge is 2.23. The number of hydrogen-bond donors (Lipinski definition) is 5. The first-order valence-electron chi connectivity index (χ1n) is 5.68. The quantitative estimate of drug-likeness (QED) is 0.349. The summed E-state index contributed by atoms with van der Waals surface area (Å²) in [7, 11) is 1.61. The van der Waals surface area contributed by atoms with Gasteiger partial charge in [-0.3, -0.25) is 14.4 Å². The van der Waals surface area contributed by atoms with Gasteiger partial charge in [-0.15, -0.1) is 0 Å². The van der Waals surface area contributed by atoms with Gasteiger partial charge in [0.1, 0.15) is 12.1 Å². The highest BCUT2D eigenvalue weighted by molar-refractivity contribution is 5.91. The van der Waals surface area contributed by atoms with E-state index in [1.54, 1.807) is 7.05 Å². The Hall–Kier alpha value is -2.03. The summed E-state index contributed by atoms with van der Waals surface area (Å²) in [5, 5.41) is 19.1. The van der Waals surface area contributed by atoms with E-state index in [1.807, 2.05) is 0 Å². The molecule has 0 aromatic heterocycles. The standard InChI is InChI=1S/C10H19N5O4/c1-5(8(16)14-6(2)10(18)19)13-9(17)7(15-11)4-12-3/h5-7,11-12H,4H2,1-3H3,(H,13,17)(H,14,16)(H,18,19). The zero-order chi connectivity index (χ0) is 15.0. The molecule has 3 atom stereocenters. The van der Waals surface area contributed by atoms with Crippen molar-refractivity contribution >= 4 is 17.8 Å². The molecule has 0 aliphatic heterocycles. The predicted molar refractivity (Wildman–Crippen MR) is 65.7 cm³/mol. The fourth-order valence-electron chi connectivity index (χ4n) is 1.17. The van der Waals surface area contributed by atoms with Gasteiger partial charge in [0, 0.05) is 6.54 Å². The number of carbonyl (C=O) groups is 3. The Morgan fingerprint density at radius 3 is 2.11 bits per heavy atom. The third-order valence-corrected chi connectivity index (χ3v) is 2.34. The van der Waals surface area contributed by atoms with E-state index in [4.69, 9.17) is 10.6 Å². The van der Waals surface area contributed by atoms with Crippen molar-refractivity contribution in [1.82, 2.24) is 16.0 Å². The minimum Gasteiger partial charge on any atom is -0.480 e.